The molecule has 104 valence electrons. The Morgan fingerprint density at radius 3 is 2.80 bits per heavy atom. The number of hydrogen-bond acceptors (Lipinski definition) is 5. The molecule has 0 atom stereocenters. The van der Waals surface area contributed by atoms with Crippen LogP contribution in [-0.2, 0) is 0 Å². The van der Waals surface area contributed by atoms with E-state index in [0.29, 0.717) is 11.7 Å². The Kier molecular flexibility index (Phi) is 3.53. The number of nitrogen functional groups attached to an aromatic ring is 1. The van der Waals surface area contributed by atoms with E-state index in [1.807, 2.05) is 31.2 Å². The van der Waals surface area contributed by atoms with Crippen molar-refractivity contribution in [2.24, 2.45) is 0 Å². The summed E-state index contributed by atoms with van der Waals surface area (Å²) in [6.45, 7) is 1.97. The molecular weight excluding hydrogens is 270 g/mol. The van der Waals surface area contributed by atoms with Gasteiger partial charge in [-0.25, -0.2) is 9.97 Å². The first-order valence-electron chi connectivity index (χ1n) is 6.63. The van der Waals surface area contributed by atoms with E-state index in [9.17, 15) is 0 Å². The summed E-state index contributed by atoms with van der Waals surface area (Å²) >= 11 is 1.61. The van der Waals surface area contributed by atoms with Gasteiger partial charge in [-0.3, -0.25) is 0 Å². The molecule has 1 aliphatic rings. The number of benzene rings is 1. The standard InChI is InChI=1S/C15H17N3OS/c1-9-13(16)17-14(10-6-7-10)18-15(9)20-12-5-3-4-11(8-12)19-2/h3-5,8,10H,6-7H2,1-2H3,(H2,16,17,18). The molecule has 2 N–H and O–H groups in total. The van der Waals surface area contributed by atoms with Crippen LogP contribution in [0.2, 0.25) is 0 Å². The molecule has 0 radical (unpaired) electrons. The summed E-state index contributed by atoms with van der Waals surface area (Å²) in [4.78, 5) is 10.2. The van der Waals surface area contributed by atoms with Gasteiger partial charge in [0.05, 0.1) is 7.11 Å². The van der Waals surface area contributed by atoms with Crippen molar-refractivity contribution < 1.29 is 4.74 Å². The highest BCUT2D eigenvalue weighted by atomic mass is 32.2. The fourth-order valence-electron chi connectivity index (χ4n) is 1.93. The van der Waals surface area contributed by atoms with Crippen LogP contribution in [0.4, 0.5) is 5.82 Å². The first-order valence-corrected chi connectivity index (χ1v) is 7.45. The van der Waals surface area contributed by atoms with E-state index in [1.165, 1.54) is 12.8 Å². The van der Waals surface area contributed by atoms with E-state index in [1.54, 1.807) is 18.9 Å². The number of ether oxygens (including phenoxy) is 1. The molecule has 3 rings (SSSR count). The monoisotopic (exact) mass is 287 g/mol. The van der Waals surface area contributed by atoms with Gasteiger partial charge in [-0.05, 0) is 38.0 Å². The average Bonchev–Trinajstić information content (AvgIpc) is 3.28. The van der Waals surface area contributed by atoms with Crippen molar-refractivity contribution in [2.75, 3.05) is 12.8 Å². The van der Waals surface area contributed by atoms with Crippen LogP contribution in [0.3, 0.4) is 0 Å². The highest BCUT2D eigenvalue weighted by Gasteiger charge is 2.28. The van der Waals surface area contributed by atoms with E-state index in [4.69, 9.17) is 10.5 Å². The molecule has 1 aromatic carbocycles. The first-order chi connectivity index (χ1) is 9.67. The number of anilines is 1. The number of aromatic nitrogens is 2. The van der Waals surface area contributed by atoms with Crippen LogP contribution in [0.1, 0.15) is 30.1 Å². The van der Waals surface area contributed by atoms with Crippen LogP contribution in [0.5, 0.6) is 5.75 Å². The summed E-state index contributed by atoms with van der Waals surface area (Å²) in [5.41, 5.74) is 6.95. The fraction of sp³-hybridized carbons (Fsp3) is 0.333. The van der Waals surface area contributed by atoms with Gasteiger partial charge in [0.1, 0.15) is 22.4 Å². The number of nitrogens with two attached hydrogens (primary N) is 1. The molecule has 0 amide bonds. The lowest BCUT2D eigenvalue weighted by molar-refractivity contribution is 0.413. The first kappa shape index (κ1) is 13.2. The topological polar surface area (TPSA) is 61.0 Å². The quantitative estimate of drug-likeness (QED) is 0.873. The van der Waals surface area contributed by atoms with Crippen LogP contribution in [-0.4, -0.2) is 17.1 Å². The molecule has 1 saturated carbocycles. The molecule has 2 aromatic rings. The molecule has 0 spiro atoms. The third-order valence-electron chi connectivity index (χ3n) is 3.35. The second kappa shape index (κ2) is 5.32. The number of nitrogens with zero attached hydrogens (tertiary/aromatic N) is 2. The SMILES string of the molecule is COc1cccc(Sc2nc(C3CC3)nc(N)c2C)c1. The second-order valence-electron chi connectivity index (χ2n) is 4.95. The minimum Gasteiger partial charge on any atom is -0.497 e. The maximum atomic E-state index is 6.01. The summed E-state index contributed by atoms with van der Waals surface area (Å²) in [6, 6.07) is 7.95. The minimum atomic E-state index is 0.502. The van der Waals surface area contributed by atoms with Gasteiger partial charge in [-0.2, -0.15) is 0 Å². The van der Waals surface area contributed by atoms with Gasteiger partial charge in [0.2, 0.25) is 0 Å². The maximum Gasteiger partial charge on any atom is 0.135 e. The third kappa shape index (κ3) is 2.72. The zero-order valence-corrected chi connectivity index (χ0v) is 12.4. The molecule has 1 heterocycles. The summed E-state index contributed by atoms with van der Waals surface area (Å²) < 4.78 is 5.25. The number of methoxy groups -OCH3 is 1. The molecule has 4 nitrogen and oxygen atoms in total. The second-order valence-corrected chi connectivity index (χ2v) is 6.01. The van der Waals surface area contributed by atoms with Gasteiger partial charge in [0.25, 0.3) is 0 Å². The maximum absolute atomic E-state index is 6.01. The fourth-order valence-corrected chi connectivity index (χ4v) is 2.87. The van der Waals surface area contributed by atoms with Gasteiger partial charge >= 0.3 is 0 Å². The normalized spacial score (nSPS) is 14.3. The molecule has 0 aliphatic heterocycles. The molecule has 1 aliphatic carbocycles. The average molecular weight is 287 g/mol. The van der Waals surface area contributed by atoms with Gasteiger partial charge < -0.3 is 10.5 Å². The van der Waals surface area contributed by atoms with Crippen LogP contribution in [0.25, 0.3) is 0 Å². The predicted octanol–water partition coefficient (Wildman–Crippen LogP) is 3.40. The van der Waals surface area contributed by atoms with Crippen molar-refractivity contribution >= 4 is 17.6 Å². The zero-order valence-electron chi connectivity index (χ0n) is 11.6. The largest absolute Gasteiger partial charge is 0.497 e. The lowest BCUT2D eigenvalue weighted by Crippen LogP contribution is -2.03. The molecule has 0 bridgehead atoms. The van der Waals surface area contributed by atoms with Crippen LogP contribution >= 0.6 is 11.8 Å². The Labute approximate surface area is 122 Å². The van der Waals surface area contributed by atoms with Crippen molar-refractivity contribution in [3.8, 4) is 5.75 Å². The minimum absolute atomic E-state index is 0.502. The van der Waals surface area contributed by atoms with Crippen molar-refractivity contribution in [3.05, 3.63) is 35.7 Å². The predicted molar refractivity (Wildman–Crippen MR) is 80.3 cm³/mol. The highest BCUT2D eigenvalue weighted by Crippen LogP contribution is 2.40. The van der Waals surface area contributed by atoms with Crippen LogP contribution in [0, 0.1) is 6.92 Å². The molecule has 0 saturated heterocycles. The number of hydrogen-bond donors (Lipinski definition) is 1. The summed E-state index contributed by atoms with van der Waals surface area (Å²) in [5.74, 6) is 2.82. The Morgan fingerprint density at radius 1 is 1.30 bits per heavy atom. The van der Waals surface area contributed by atoms with E-state index in [0.717, 1.165) is 27.1 Å². The lowest BCUT2D eigenvalue weighted by atomic mass is 10.3. The van der Waals surface area contributed by atoms with Crippen LogP contribution in [0.15, 0.2) is 34.2 Å². The van der Waals surface area contributed by atoms with Crippen molar-refractivity contribution in [2.45, 2.75) is 35.6 Å². The Bertz CT molecular complexity index is 641. The van der Waals surface area contributed by atoms with Gasteiger partial charge in [0, 0.05) is 16.4 Å². The molecule has 0 unspecified atom stereocenters. The van der Waals surface area contributed by atoms with Gasteiger partial charge in [-0.15, -0.1) is 0 Å². The van der Waals surface area contributed by atoms with Crippen molar-refractivity contribution in [1.82, 2.24) is 9.97 Å². The van der Waals surface area contributed by atoms with Gasteiger partial charge in [-0.1, -0.05) is 17.8 Å². The van der Waals surface area contributed by atoms with Crippen LogP contribution < -0.4 is 10.5 Å². The lowest BCUT2D eigenvalue weighted by Gasteiger charge is -2.10. The van der Waals surface area contributed by atoms with E-state index < -0.39 is 0 Å². The van der Waals surface area contributed by atoms with E-state index in [2.05, 4.69) is 9.97 Å². The molecule has 20 heavy (non-hydrogen) atoms. The molecule has 1 fully saturated rings. The zero-order chi connectivity index (χ0) is 14.1. The third-order valence-corrected chi connectivity index (χ3v) is 4.43. The summed E-state index contributed by atoms with van der Waals surface area (Å²) in [7, 11) is 1.67. The molecule has 5 heteroatoms. The van der Waals surface area contributed by atoms with Gasteiger partial charge in [0.15, 0.2) is 0 Å². The van der Waals surface area contributed by atoms with Crippen molar-refractivity contribution in [3.63, 3.8) is 0 Å². The molecule has 1 aromatic heterocycles. The Hall–Kier alpha value is -1.75. The summed E-state index contributed by atoms with van der Waals surface area (Å²) in [5, 5.41) is 0.938. The Morgan fingerprint density at radius 2 is 2.10 bits per heavy atom. The van der Waals surface area contributed by atoms with E-state index in [-0.39, 0.29) is 0 Å². The summed E-state index contributed by atoms with van der Waals surface area (Å²) in [6.07, 6.45) is 2.34. The highest BCUT2D eigenvalue weighted by molar-refractivity contribution is 7.99. The Balaban J connectivity index is 1.92. The number of rotatable bonds is 4. The van der Waals surface area contributed by atoms with E-state index >= 15 is 0 Å². The van der Waals surface area contributed by atoms with Crippen molar-refractivity contribution in [1.29, 1.82) is 0 Å². The smallest absolute Gasteiger partial charge is 0.135 e. The molecular formula is C15H17N3OS.